The van der Waals surface area contributed by atoms with E-state index < -0.39 is 0 Å². The first kappa shape index (κ1) is 11.4. The maximum absolute atomic E-state index is 5.96. The highest BCUT2D eigenvalue weighted by Crippen LogP contribution is 2.18. The highest BCUT2D eigenvalue weighted by molar-refractivity contribution is 5.46. The quantitative estimate of drug-likeness (QED) is 0.773. The summed E-state index contributed by atoms with van der Waals surface area (Å²) in [5.74, 6) is 0. The Bertz CT molecular complexity index is 354. The molecule has 3 nitrogen and oxygen atoms in total. The molecule has 3 heteroatoms. The molecule has 2 N–H and O–H groups in total. The fraction of sp³-hybridized carbons (Fsp3) is 0.538. The summed E-state index contributed by atoms with van der Waals surface area (Å²) in [7, 11) is 0. The van der Waals surface area contributed by atoms with Gasteiger partial charge in [0, 0.05) is 24.8 Å². The van der Waals surface area contributed by atoms with Crippen molar-refractivity contribution in [3.05, 3.63) is 29.8 Å². The highest BCUT2D eigenvalue weighted by Gasteiger charge is 2.23. The third-order valence-corrected chi connectivity index (χ3v) is 3.17. The average Bonchev–Trinajstić information content (AvgIpc) is 2.27. The van der Waals surface area contributed by atoms with Crippen molar-refractivity contribution in [2.24, 2.45) is 0 Å². The van der Waals surface area contributed by atoms with Crippen molar-refractivity contribution in [2.45, 2.75) is 32.5 Å². The standard InChI is InChI=1S/C13H20N2O/c1-10-9-16-11(2)7-15(10)8-12-5-3-4-6-13(12)14/h3-6,10-11H,7-9,14H2,1-2H3. The van der Waals surface area contributed by atoms with Gasteiger partial charge in [0.25, 0.3) is 0 Å². The zero-order valence-electron chi connectivity index (χ0n) is 10.0. The number of nitrogens with zero attached hydrogens (tertiary/aromatic N) is 1. The lowest BCUT2D eigenvalue weighted by atomic mass is 10.1. The fourth-order valence-corrected chi connectivity index (χ4v) is 2.09. The van der Waals surface area contributed by atoms with Gasteiger partial charge in [0.05, 0.1) is 12.7 Å². The van der Waals surface area contributed by atoms with Crippen LogP contribution in [-0.2, 0) is 11.3 Å². The van der Waals surface area contributed by atoms with Crippen molar-refractivity contribution in [1.82, 2.24) is 4.90 Å². The second-order valence-corrected chi connectivity index (χ2v) is 4.62. The lowest BCUT2D eigenvalue weighted by Crippen LogP contribution is -2.46. The Morgan fingerprint density at radius 1 is 1.38 bits per heavy atom. The van der Waals surface area contributed by atoms with Gasteiger partial charge >= 0.3 is 0 Å². The van der Waals surface area contributed by atoms with Gasteiger partial charge in [-0.3, -0.25) is 4.90 Å². The molecule has 1 saturated heterocycles. The average molecular weight is 220 g/mol. The molecule has 1 aliphatic rings. The van der Waals surface area contributed by atoms with Crippen LogP contribution in [0.2, 0.25) is 0 Å². The summed E-state index contributed by atoms with van der Waals surface area (Å²) in [5, 5.41) is 0. The Hall–Kier alpha value is -1.06. The molecule has 0 amide bonds. The molecule has 2 atom stereocenters. The van der Waals surface area contributed by atoms with Crippen LogP contribution in [0.25, 0.3) is 0 Å². The van der Waals surface area contributed by atoms with Crippen LogP contribution in [-0.4, -0.2) is 30.2 Å². The minimum Gasteiger partial charge on any atom is -0.398 e. The SMILES string of the molecule is CC1CN(Cc2ccccc2N)C(C)CO1. The summed E-state index contributed by atoms with van der Waals surface area (Å²) in [4.78, 5) is 2.43. The topological polar surface area (TPSA) is 38.5 Å². The molecule has 0 aromatic heterocycles. The third kappa shape index (κ3) is 2.54. The number of nitrogens with two attached hydrogens (primary N) is 1. The van der Waals surface area contributed by atoms with Gasteiger partial charge in [0.2, 0.25) is 0 Å². The monoisotopic (exact) mass is 220 g/mol. The van der Waals surface area contributed by atoms with E-state index in [4.69, 9.17) is 10.5 Å². The molecule has 0 radical (unpaired) electrons. The molecule has 0 aliphatic carbocycles. The van der Waals surface area contributed by atoms with Crippen molar-refractivity contribution in [3.8, 4) is 0 Å². The number of rotatable bonds is 2. The van der Waals surface area contributed by atoms with Gasteiger partial charge in [0.1, 0.15) is 0 Å². The summed E-state index contributed by atoms with van der Waals surface area (Å²) in [6.45, 7) is 7.03. The highest BCUT2D eigenvalue weighted by atomic mass is 16.5. The Balaban J connectivity index is 2.06. The maximum atomic E-state index is 5.96. The number of para-hydroxylation sites is 1. The van der Waals surface area contributed by atoms with Crippen LogP contribution in [0, 0.1) is 0 Å². The van der Waals surface area contributed by atoms with Crippen LogP contribution >= 0.6 is 0 Å². The van der Waals surface area contributed by atoms with Gasteiger partial charge < -0.3 is 10.5 Å². The van der Waals surface area contributed by atoms with Gasteiger partial charge in [-0.25, -0.2) is 0 Å². The molecule has 1 aliphatic heterocycles. The first-order chi connectivity index (χ1) is 7.66. The molecule has 0 spiro atoms. The van der Waals surface area contributed by atoms with Gasteiger partial charge in [-0.1, -0.05) is 18.2 Å². The van der Waals surface area contributed by atoms with Gasteiger partial charge in [-0.2, -0.15) is 0 Å². The largest absolute Gasteiger partial charge is 0.398 e. The molecule has 0 bridgehead atoms. The second kappa shape index (κ2) is 4.85. The van der Waals surface area contributed by atoms with E-state index in [1.54, 1.807) is 0 Å². The number of hydrogen-bond donors (Lipinski definition) is 1. The first-order valence-electron chi connectivity index (χ1n) is 5.86. The maximum Gasteiger partial charge on any atom is 0.0674 e. The minimum atomic E-state index is 0.320. The number of hydrogen-bond acceptors (Lipinski definition) is 3. The Morgan fingerprint density at radius 3 is 2.88 bits per heavy atom. The number of nitrogen functional groups attached to an aromatic ring is 1. The molecule has 2 rings (SSSR count). The van der Waals surface area contributed by atoms with Crippen molar-refractivity contribution in [1.29, 1.82) is 0 Å². The molecule has 0 saturated carbocycles. The zero-order chi connectivity index (χ0) is 11.5. The summed E-state index contributed by atoms with van der Waals surface area (Å²) >= 11 is 0. The molecule has 1 fully saturated rings. The molecular weight excluding hydrogens is 200 g/mol. The van der Waals surface area contributed by atoms with Crippen molar-refractivity contribution >= 4 is 5.69 Å². The molecule has 1 heterocycles. The fourth-order valence-electron chi connectivity index (χ4n) is 2.09. The van der Waals surface area contributed by atoms with E-state index >= 15 is 0 Å². The van der Waals surface area contributed by atoms with Crippen molar-refractivity contribution < 1.29 is 4.74 Å². The van der Waals surface area contributed by atoms with E-state index in [1.165, 1.54) is 5.56 Å². The van der Waals surface area contributed by atoms with E-state index in [0.29, 0.717) is 12.1 Å². The Kier molecular flexibility index (Phi) is 3.46. The number of ether oxygens (including phenoxy) is 1. The van der Waals surface area contributed by atoms with Gasteiger partial charge in [-0.15, -0.1) is 0 Å². The van der Waals surface area contributed by atoms with Crippen LogP contribution in [0.1, 0.15) is 19.4 Å². The van der Waals surface area contributed by atoms with E-state index in [1.807, 2.05) is 18.2 Å². The normalized spacial score (nSPS) is 26.9. The number of benzene rings is 1. The number of morpholine rings is 1. The molecular formula is C13H20N2O. The molecule has 16 heavy (non-hydrogen) atoms. The zero-order valence-corrected chi connectivity index (χ0v) is 10.0. The van der Waals surface area contributed by atoms with Crippen LogP contribution in [0.4, 0.5) is 5.69 Å². The minimum absolute atomic E-state index is 0.320. The van der Waals surface area contributed by atoms with E-state index in [9.17, 15) is 0 Å². The van der Waals surface area contributed by atoms with Crippen molar-refractivity contribution in [3.63, 3.8) is 0 Å². The van der Waals surface area contributed by atoms with Crippen LogP contribution in [0.5, 0.6) is 0 Å². The van der Waals surface area contributed by atoms with Gasteiger partial charge in [0.15, 0.2) is 0 Å². The van der Waals surface area contributed by atoms with Crippen molar-refractivity contribution in [2.75, 3.05) is 18.9 Å². The summed E-state index contributed by atoms with van der Waals surface area (Å²) in [5.41, 5.74) is 8.05. The number of anilines is 1. The molecule has 88 valence electrons. The summed E-state index contributed by atoms with van der Waals surface area (Å²) in [6, 6.07) is 8.55. The van der Waals surface area contributed by atoms with E-state index in [0.717, 1.165) is 25.4 Å². The third-order valence-electron chi connectivity index (χ3n) is 3.17. The molecule has 1 aromatic rings. The molecule has 1 aromatic carbocycles. The lowest BCUT2D eigenvalue weighted by molar-refractivity contribution is -0.0526. The van der Waals surface area contributed by atoms with Crippen LogP contribution < -0.4 is 5.73 Å². The second-order valence-electron chi connectivity index (χ2n) is 4.62. The Labute approximate surface area is 97.2 Å². The summed E-state index contributed by atoms with van der Waals surface area (Å²) in [6.07, 6.45) is 0.320. The van der Waals surface area contributed by atoms with Gasteiger partial charge in [-0.05, 0) is 25.5 Å². The lowest BCUT2D eigenvalue weighted by Gasteiger charge is -2.36. The molecule has 2 unspecified atom stereocenters. The van der Waals surface area contributed by atoms with E-state index in [2.05, 4.69) is 24.8 Å². The van der Waals surface area contributed by atoms with Crippen LogP contribution in [0.15, 0.2) is 24.3 Å². The van der Waals surface area contributed by atoms with E-state index in [-0.39, 0.29) is 0 Å². The summed E-state index contributed by atoms with van der Waals surface area (Å²) < 4.78 is 5.62. The first-order valence-corrected chi connectivity index (χ1v) is 5.86. The predicted molar refractivity (Wildman–Crippen MR) is 66.1 cm³/mol. The van der Waals surface area contributed by atoms with Crippen LogP contribution in [0.3, 0.4) is 0 Å². The Morgan fingerprint density at radius 2 is 2.12 bits per heavy atom. The smallest absolute Gasteiger partial charge is 0.0674 e. The predicted octanol–water partition coefficient (Wildman–Crippen LogP) is 1.88.